The van der Waals surface area contributed by atoms with Crippen LogP contribution in [0.25, 0.3) is 0 Å². The number of nitrogens with two attached hydrogens (primary N) is 1. The number of hydrogen-bond acceptors (Lipinski definition) is 3. The van der Waals surface area contributed by atoms with Crippen LogP contribution < -0.4 is 11.1 Å². The first-order chi connectivity index (χ1) is 9.40. The Bertz CT molecular complexity index is 535. The number of oxime groups is 1. The largest absolute Gasteiger partial charge is 0.409 e. The van der Waals surface area contributed by atoms with Crippen LogP contribution >= 0.6 is 34.8 Å². The monoisotopic (exact) mass is 337 g/mol. The average molecular weight is 339 g/mol. The minimum Gasteiger partial charge on any atom is -0.409 e. The molecule has 1 aromatic rings. The second-order valence-corrected chi connectivity index (χ2v) is 5.32. The third-order valence-corrected chi connectivity index (χ3v) is 3.67. The maximum absolute atomic E-state index is 12.1. The van der Waals surface area contributed by atoms with Crippen LogP contribution in [-0.2, 0) is 4.79 Å². The smallest absolute Gasteiger partial charge is 0.235 e. The molecule has 0 aliphatic rings. The lowest BCUT2D eigenvalue weighted by atomic mass is 10.0. The van der Waals surface area contributed by atoms with Gasteiger partial charge in [0, 0.05) is 0 Å². The molecule has 0 saturated heterocycles. The molecule has 1 aromatic carbocycles. The highest BCUT2D eigenvalue weighted by Crippen LogP contribution is 2.32. The van der Waals surface area contributed by atoms with Crippen LogP contribution in [0.2, 0.25) is 15.1 Å². The summed E-state index contributed by atoms with van der Waals surface area (Å²) in [6.45, 7) is 1.89. The molecule has 8 heteroatoms. The molecule has 110 valence electrons. The standard InChI is InChI=1S/C12H14Cl3N3O2/c1-2-3-6(11(16)18-20)12(19)17-10-5-8(14)7(13)4-9(10)15/h4-6,20H,2-3H2,1H3,(H2,16,18)(H,17,19). The van der Waals surface area contributed by atoms with Crippen molar-refractivity contribution in [2.24, 2.45) is 16.8 Å². The lowest BCUT2D eigenvalue weighted by Crippen LogP contribution is -2.34. The molecule has 0 spiro atoms. The fourth-order valence-electron chi connectivity index (χ4n) is 1.61. The predicted octanol–water partition coefficient (Wildman–Crippen LogP) is 3.75. The Labute approximate surface area is 131 Å². The van der Waals surface area contributed by atoms with Gasteiger partial charge in [0.15, 0.2) is 5.84 Å². The van der Waals surface area contributed by atoms with Crippen LogP contribution in [0.3, 0.4) is 0 Å². The van der Waals surface area contributed by atoms with Gasteiger partial charge < -0.3 is 16.3 Å². The number of halogens is 3. The Morgan fingerprint density at radius 3 is 2.50 bits per heavy atom. The van der Waals surface area contributed by atoms with E-state index in [1.807, 2.05) is 6.92 Å². The molecule has 0 aliphatic carbocycles. The number of hydrogen-bond donors (Lipinski definition) is 3. The third kappa shape index (κ3) is 4.16. The molecular weight excluding hydrogens is 325 g/mol. The lowest BCUT2D eigenvalue weighted by Gasteiger charge is -2.15. The Morgan fingerprint density at radius 2 is 1.95 bits per heavy atom. The van der Waals surface area contributed by atoms with Gasteiger partial charge in [0.25, 0.3) is 0 Å². The Morgan fingerprint density at radius 1 is 1.35 bits per heavy atom. The maximum atomic E-state index is 12.1. The summed E-state index contributed by atoms with van der Waals surface area (Å²) in [5, 5.41) is 15.0. The number of benzene rings is 1. The van der Waals surface area contributed by atoms with Gasteiger partial charge in [-0.3, -0.25) is 4.79 Å². The second kappa shape index (κ2) is 7.57. The van der Waals surface area contributed by atoms with Crippen molar-refractivity contribution >= 4 is 52.2 Å². The van der Waals surface area contributed by atoms with Crippen molar-refractivity contribution in [3.8, 4) is 0 Å². The van der Waals surface area contributed by atoms with E-state index in [2.05, 4.69) is 10.5 Å². The highest BCUT2D eigenvalue weighted by Gasteiger charge is 2.23. The number of carbonyl (C=O) groups excluding carboxylic acids is 1. The van der Waals surface area contributed by atoms with E-state index in [0.717, 1.165) is 0 Å². The van der Waals surface area contributed by atoms with E-state index in [-0.39, 0.29) is 20.9 Å². The molecule has 1 unspecified atom stereocenters. The lowest BCUT2D eigenvalue weighted by molar-refractivity contribution is -0.118. The summed E-state index contributed by atoms with van der Waals surface area (Å²) in [5.74, 6) is -1.32. The number of carbonyl (C=O) groups is 1. The van der Waals surface area contributed by atoms with Gasteiger partial charge in [-0.2, -0.15) is 0 Å². The summed E-state index contributed by atoms with van der Waals surface area (Å²) in [5.41, 5.74) is 5.83. The van der Waals surface area contributed by atoms with Gasteiger partial charge in [0.05, 0.1) is 26.7 Å². The van der Waals surface area contributed by atoms with Crippen molar-refractivity contribution in [3.63, 3.8) is 0 Å². The summed E-state index contributed by atoms with van der Waals surface area (Å²) >= 11 is 17.6. The van der Waals surface area contributed by atoms with Crippen LogP contribution in [0, 0.1) is 5.92 Å². The molecule has 0 aromatic heterocycles. The van der Waals surface area contributed by atoms with E-state index in [9.17, 15) is 4.79 Å². The molecule has 0 aliphatic heterocycles. The van der Waals surface area contributed by atoms with Gasteiger partial charge in [0.1, 0.15) is 0 Å². The van der Waals surface area contributed by atoms with Gasteiger partial charge >= 0.3 is 0 Å². The summed E-state index contributed by atoms with van der Waals surface area (Å²) in [4.78, 5) is 12.1. The molecule has 5 nitrogen and oxygen atoms in total. The molecule has 0 saturated carbocycles. The van der Waals surface area contributed by atoms with E-state index in [1.54, 1.807) is 0 Å². The van der Waals surface area contributed by atoms with Gasteiger partial charge in [-0.1, -0.05) is 53.3 Å². The quantitative estimate of drug-likeness (QED) is 0.251. The minimum absolute atomic E-state index is 0.152. The zero-order valence-electron chi connectivity index (χ0n) is 10.7. The highest BCUT2D eigenvalue weighted by atomic mass is 35.5. The van der Waals surface area contributed by atoms with Crippen LogP contribution in [0.1, 0.15) is 19.8 Å². The van der Waals surface area contributed by atoms with E-state index < -0.39 is 11.8 Å². The van der Waals surface area contributed by atoms with Crippen molar-refractivity contribution in [1.29, 1.82) is 0 Å². The van der Waals surface area contributed by atoms with Gasteiger partial charge in [-0.05, 0) is 18.6 Å². The van der Waals surface area contributed by atoms with Crippen molar-refractivity contribution in [2.45, 2.75) is 19.8 Å². The van der Waals surface area contributed by atoms with Gasteiger partial charge in [0.2, 0.25) is 5.91 Å². The molecule has 0 radical (unpaired) electrons. The molecule has 0 fully saturated rings. The van der Waals surface area contributed by atoms with Crippen LogP contribution in [0.4, 0.5) is 5.69 Å². The first kappa shape index (κ1) is 16.9. The molecule has 1 atom stereocenters. The van der Waals surface area contributed by atoms with Crippen molar-refractivity contribution in [3.05, 3.63) is 27.2 Å². The summed E-state index contributed by atoms with van der Waals surface area (Å²) in [6.07, 6.45) is 1.14. The summed E-state index contributed by atoms with van der Waals surface area (Å²) in [6, 6.07) is 2.87. The molecule has 0 bridgehead atoms. The number of anilines is 1. The predicted molar refractivity (Wildman–Crippen MR) is 81.9 cm³/mol. The third-order valence-electron chi connectivity index (χ3n) is 2.63. The Hall–Kier alpha value is -1.17. The fourth-order valence-corrected chi connectivity index (χ4v) is 2.20. The van der Waals surface area contributed by atoms with Crippen LogP contribution in [0.5, 0.6) is 0 Å². The molecule has 20 heavy (non-hydrogen) atoms. The summed E-state index contributed by atoms with van der Waals surface area (Å²) < 4.78 is 0. The first-order valence-electron chi connectivity index (χ1n) is 5.83. The summed E-state index contributed by atoms with van der Waals surface area (Å²) in [7, 11) is 0. The van der Waals surface area contributed by atoms with E-state index in [4.69, 9.17) is 45.7 Å². The zero-order chi connectivity index (χ0) is 15.3. The Kier molecular flexibility index (Phi) is 6.39. The second-order valence-electron chi connectivity index (χ2n) is 4.10. The van der Waals surface area contributed by atoms with E-state index >= 15 is 0 Å². The van der Waals surface area contributed by atoms with Crippen molar-refractivity contribution in [2.75, 3.05) is 5.32 Å². The normalized spacial score (nSPS) is 13.1. The molecular formula is C12H14Cl3N3O2. The van der Waals surface area contributed by atoms with Crippen LogP contribution in [0.15, 0.2) is 17.3 Å². The maximum Gasteiger partial charge on any atom is 0.235 e. The Balaban J connectivity index is 2.96. The SMILES string of the molecule is CCCC(C(=O)Nc1cc(Cl)c(Cl)cc1Cl)C(N)=NO. The molecule has 4 N–H and O–H groups in total. The number of nitrogens with zero attached hydrogens (tertiary/aromatic N) is 1. The van der Waals surface area contributed by atoms with E-state index in [0.29, 0.717) is 18.5 Å². The highest BCUT2D eigenvalue weighted by molar-refractivity contribution is 6.44. The fraction of sp³-hybridized carbons (Fsp3) is 0.333. The number of nitrogens with one attached hydrogen (secondary N) is 1. The molecule has 1 rings (SSSR count). The molecule has 0 heterocycles. The van der Waals surface area contributed by atoms with E-state index in [1.165, 1.54) is 12.1 Å². The van der Waals surface area contributed by atoms with Gasteiger partial charge in [-0.15, -0.1) is 0 Å². The number of amidine groups is 1. The topological polar surface area (TPSA) is 87.7 Å². The molecule has 1 amide bonds. The first-order valence-corrected chi connectivity index (χ1v) is 6.96. The van der Waals surface area contributed by atoms with Crippen LogP contribution in [-0.4, -0.2) is 17.0 Å². The van der Waals surface area contributed by atoms with Crippen molar-refractivity contribution < 1.29 is 10.0 Å². The van der Waals surface area contributed by atoms with Crippen molar-refractivity contribution in [1.82, 2.24) is 0 Å². The zero-order valence-corrected chi connectivity index (χ0v) is 12.9. The number of rotatable bonds is 5. The van der Waals surface area contributed by atoms with Gasteiger partial charge in [-0.25, -0.2) is 0 Å². The number of amides is 1. The average Bonchev–Trinajstić information content (AvgIpc) is 2.41. The minimum atomic E-state index is -0.740.